The molecule has 174 valence electrons. The van der Waals surface area contributed by atoms with Crippen molar-refractivity contribution in [1.82, 2.24) is 19.5 Å². The zero-order chi connectivity index (χ0) is 23.4. The van der Waals surface area contributed by atoms with Gasteiger partial charge in [-0.05, 0) is 30.5 Å². The van der Waals surface area contributed by atoms with E-state index in [1.54, 1.807) is 50.5 Å². The summed E-state index contributed by atoms with van der Waals surface area (Å²) in [4.78, 5) is 24.9. The van der Waals surface area contributed by atoms with Crippen LogP contribution in [0.2, 0.25) is 0 Å². The number of ether oxygens (including phenoxy) is 3. The van der Waals surface area contributed by atoms with Gasteiger partial charge < -0.3 is 23.9 Å². The molecule has 10 nitrogen and oxygen atoms in total. The first-order valence-electron chi connectivity index (χ1n) is 10.6. The molecule has 0 unspecified atom stereocenters. The van der Waals surface area contributed by atoms with Crippen molar-refractivity contribution < 1.29 is 23.4 Å². The number of hydrogen-bond acceptors (Lipinski definition) is 7. The Bertz CT molecular complexity index is 1310. The van der Waals surface area contributed by atoms with Crippen LogP contribution >= 0.6 is 0 Å². The van der Waals surface area contributed by atoms with E-state index in [2.05, 4.69) is 10.4 Å². The Kier molecular flexibility index (Phi) is 6.53. The van der Waals surface area contributed by atoms with Crippen molar-refractivity contribution >= 4 is 22.5 Å². The molecule has 0 saturated carbocycles. The van der Waals surface area contributed by atoms with E-state index in [1.807, 2.05) is 12.1 Å². The number of furan rings is 1. The van der Waals surface area contributed by atoms with Crippen molar-refractivity contribution in [2.75, 3.05) is 27.9 Å². The number of rotatable bonds is 10. The van der Waals surface area contributed by atoms with Crippen LogP contribution in [0, 0.1) is 0 Å². The van der Waals surface area contributed by atoms with Gasteiger partial charge in [0.25, 0.3) is 5.56 Å². The highest BCUT2D eigenvalue weighted by atomic mass is 16.5. The number of nitrogens with one attached hydrogen (secondary N) is 1. The summed E-state index contributed by atoms with van der Waals surface area (Å²) in [6.07, 6.45) is 4.55. The van der Waals surface area contributed by atoms with E-state index in [4.69, 9.17) is 18.6 Å². The summed E-state index contributed by atoms with van der Waals surface area (Å²) in [6, 6.07) is 7.21. The van der Waals surface area contributed by atoms with Gasteiger partial charge in [0, 0.05) is 31.6 Å². The van der Waals surface area contributed by atoms with Crippen LogP contribution < -0.4 is 25.1 Å². The summed E-state index contributed by atoms with van der Waals surface area (Å²) in [5.41, 5.74) is 2.67. The molecular weight excluding hydrogens is 428 g/mol. The van der Waals surface area contributed by atoms with Crippen molar-refractivity contribution in [1.29, 1.82) is 0 Å². The number of aryl methyl sites for hydroxylation is 1. The fraction of sp³-hybridized carbons (Fsp3) is 0.348. The van der Waals surface area contributed by atoms with Crippen molar-refractivity contribution in [2.24, 2.45) is 0 Å². The Balaban J connectivity index is 1.29. The maximum absolute atomic E-state index is 12.7. The van der Waals surface area contributed by atoms with E-state index >= 15 is 0 Å². The Hall–Kier alpha value is -3.95. The monoisotopic (exact) mass is 454 g/mol. The highest BCUT2D eigenvalue weighted by molar-refractivity contribution is 5.81. The minimum Gasteiger partial charge on any atom is -0.493 e. The van der Waals surface area contributed by atoms with Crippen LogP contribution in [0.3, 0.4) is 0 Å². The molecule has 1 N–H and O–H groups in total. The smallest absolute Gasteiger partial charge is 0.291 e. The van der Waals surface area contributed by atoms with E-state index < -0.39 is 0 Å². The Labute approximate surface area is 189 Å². The first kappa shape index (κ1) is 22.3. The summed E-state index contributed by atoms with van der Waals surface area (Å²) >= 11 is 0. The lowest BCUT2D eigenvalue weighted by molar-refractivity contribution is -0.121. The molecule has 0 bridgehead atoms. The van der Waals surface area contributed by atoms with Crippen LogP contribution in [0.5, 0.6) is 17.2 Å². The largest absolute Gasteiger partial charge is 0.493 e. The number of carbonyl (C=O) groups excluding carboxylic acids is 1. The van der Waals surface area contributed by atoms with Crippen LogP contribution in [0.15, 0.2) is 46.1 Å². The quantitative estimate of drug-likeness (QED) is 0.392. The molecule has 0 radical (unpaired) electrons. The first-order chi connectivity index (χ1) is 16.0. The lowest BCUT2D eigenvalue weighted by atomic mass is 10.1. The lowest BCUT2D eigenvalue weighted by Gasteiger charge is -2.14. The van der Waals surface area contributed by atoms with Gasteiger partial charge in [0.15, 0.2) is 17.1 Å². The summed E-state index contributed by atoms with van der Waals surface area (Å²) in [5.74, 6) is 1.59. The lowest BCUT2D eigenvalue weighted by Crippen LogP contribution is -2.27. The Morgan fingerprint density at radius 1 is 1.09 bits per heavy atom. The van der Waals surface area contributed by atoms with E-state index in [-0.39, 0.29) is 17.9 Å². The minimum absolute atomic E-state index is 0.0863. The molecule has 4 aromatic rings. The van der Waals surface area contributed by atoms with E-state index in [0.717, 1.165) is 11.1 Å². The highest BCUT2D eigenvalue weighted by Crippen LogP contribution is 2.38. The topological polar surface area (TPSA) is 109 Å². The van der Waals surface area contributed by atoms with Gasteiger partial charge in [-0.3, -0.25) is 14.0 Å². The predicted octanol–water partition coefficient (Wildman–Crippen LogP) is 2.41. The third-order valence-corrected chi connectivity index (χ3v) is 5.45. The molecule has 0 saturated heterocycles. The van der Waals surface area contributed by atoms with Gasteiger partial charge >= 0.3 is 0 Å². The molecule has 1 aromatic carbocycles. The summed E-state index contributed by atoms with van der Waals surface area (Å²) in [5, 5.41) is 7.12. The third-order valence-electron chi connectivity index (χ3n) is 5.45. The average molecular weight is 454 g/mol. The maximum Gasteiger partial charge on any atom is 0.291 e. The zero-order valence-electron chi connectivity index (χ0n) is 18.8. The van der Waals surface area contributed by atoms with Gasteiger partial charge in [-0.1, -0.05) is 0 Å². The van der Waals surface area contributed by atoms with Crippen molar-refractivity contribution in [3.05, 3.63) is 52.8 Å². The minimum atomic E-state index is -0.216. The Morgan fingerprint density at radius 2 is 1.85 bits per heavy atom. The van der Waals surface area contributed by atoms with Gasteiger partial charge in [-0.25, -0.2) is 4.68 Å². The standard InChI is InChI=1S/C23H26N4O6/c1-30-19-11-15(12-20(31-2)22(19)32-3)6-8-24-21(28)5-4-9-27-23(29)17-13-18-16(7-10-33-18)26(17)14-25-27/h7,10-14H,4-6,8-9H2,1-3H3,(H,24,28). The number of methoxy groups -OCH3 is 3. The predicted molar refractivity (Wildman–Crippen MR) is 121 cm³/mol. The van der Waals surface area contributed by atoms with E-state index in [1.165, 1.54) is 4.68 Å². The SMILES string of the molecule is COc1cc(CCNC(=O)CCCn2ncn3c(cc4occc43)c2=O)cc(OC)c1OC. The summed E-state index contributed by atoms with van der Waals surface area (Å²) < 4.78 is 24.5. The average Bonchev–Trinajstić information content (AvgIpc) is 3.42. The summed E-state index contributed by atoms with van der Waals surface area (Å²) in [7, 11) is 4.68. The fourth-order valence-electron chi connectivity index (χ4n) is 3.80. The number of benzene rings is 1. The maximum atomic E-state index is 12.7. The number of fused-ring (bicyclic) bond motifs is 3. The second kappa shape index (κ2) is 9.68. The molecule has 0 aliphatic rings. The third kappa shape index (κ3) is 4.50. The molecule has 0 aliphatic heterocycles. The van der Waals surface area contributed by atoms with Gasteiger partial charge in [-0.2, -0.15) is 5.10 Å². The number of hydrogen-bond donors (Lipinski definition) is 1. The molecule has 10 heteroatoms. The van der Waals surface area contributed by atoms with Crippen molar-refractivity contribution in [3.63, 3.8) is 0 Å². The normalized spacial score (nSPS) is 11.1. The second-order valence-corrected chi connectivity index (χ2v) is 7.47. The van der Waals surface area contributed by atoms with Crippen LogP contribution in [-0.2, 0) is 17.8 Å². The molecule has 3 aromatic heterocycles. The first-order valence-corrected chi connectivity index (χ1v) is 10.6. The van der Waals surface area contributed by atoms with E-state index in [9.17, 15) is 9.59 Å². The molecular formula is C23H26N4O6. The van der Waals surface area contributed by atoms with Gasteiger partial charge in [0.2, 0.25) is 11.7 Å². The summed E-state index contributed by atoms with van der Waals surface area (Å²) in [6.45, 7) is 0.813. The Morgan fingerprint density at radius 3 is 2.55 bits per heavy atom. The molecule has 0 spiro atoms. The van der Waals surface area contributed by atoms with Crippen molar-refractivity contribution in [3.8, 4) is 17.2 Å². The molecule has 1 amide bonds. The zero-order valence-corrected chi connectivity index (χ0v) is 18.8. The fourth-order valence-corrected chi connectivity index (χ4v) is 3.80. The molecule has 4 rings (SSSR count). The highest BCUT2D eigenvalue weighted by Gasteiger charge is 2.14. The van der Waals surface area contributed by atoms with Crippen LogP contribution in [-0.4, -0.2) is 48.0 Å². The van der Waals surface area contributed by atoms with Crippen molar-refractivity contribution in [2.45, 2.75) is 25.8 Å². The molecule has 0 aliphatic carbocycles. The number of carbonyl (C=O) groups is 1. The van der Waals surface area contributed by atoms with Crippen LogP contribution in [0.25, 0.3) is 16.6 Å². The van der Waals surface area contributed by atoms with E-state index in [0.29, 0.717) is 54.3 Å². The number of amides is 1. The molecule has 3 heterocycles. The van der Waals surface area contributed by atoms with Gasteiger partial charge in [0.1, 0.15) is 11.8 Å². The van der Waals surface area contributed by atoms with Crippen LogP contribution in [0.1, 0.15) is 18.4 Å². The number of nitrogens with zero attached hydrogens (tertiary/aromatic N) is 3. The molecule has 0 fully saturated rings. The van der Waals surface area contributed by atoms with Gasteiger partial charge in [-0.15, -0.1) is 0 Å². The van der Waals surface area contributed by atoms with Gasteiger partial charge in [0.05, 0.1) is 33.1 Å². The second-order valence-electron chi connectivity index (χ2n) is 7.47. The molecule has 33 heavy (non-hydrogen) atoms. The molecule has 0 atom stereocenters. The number of aromatic nitrogens is 3. The van der Waals surface area contributed by atoms with Crippen LogP contribution in [0.4, 0.5) is 0 Å².